The molecule has 0 bridgehead atoms. The van der Waals surface area contributed by atoms with Crippen LogP contribution < -0.4 is 0 Å². The number of esters is 2. The Hall–Kier alpha value is -2.60. The van der Waals surface area contributed by atoms with E-state index in [1.807, 2.05) is 42.5 Å². The molecule has 0 aromatic carbocycles. The van der Waals surface area contributed by atoms with Gasteiger partial charge in [-0.15, -0.1) is 0 Å². The van der Waals surface area contributed by atoms with Gasteiger partial charge in [0.25, 0.3) is 0 Å². The summed E-state index contributed by atoms with van der Waals surface area (Å²) in [6.07, 6.45) is 22.7. The molecule has 0 aromatic heterocycles. The third-order valence-corrected chi connectivity index (χ3v) is 7.24. The van der Waals surface area contributed by atoms with E-state index in [1.54, 1.807) is 0 Å². The van der Waals surface area contributed by atoms with Gasteiger partial charge in [-0.1, -0.05) is 100 Å². The van der Waals surface area contributed by atoms with Gasteiger partial charge in [-0.25, -0.2) is 0 Å². The van der Waals surface area contributed by atoms with Gasteiger partial charge in [-0.05, 0) is 44.9 Å². The molecule has 1 fully saturated rings. The second-order valence-electron chi connectivity index (χ2n) is 11.3. The lowest BCUT2D eigenvalue weighted by atomic mass is 9.99. The summed E-state index contributed by atoms with van der Waals surface area (Å²) in [5.41, 5.74) is 0. The Kier molecular flexibility index (Phi) is 24.8. The molecule has 0 amide bonds. The van der Waals surface area contributed by atoms with Gasteiger partial charge in [0, 0.05) is 12.8 Å². The van der Waals surface area contributed by atoms with Gasteiger partial charge in [0.2, 0.25) is 0 Å². The van der Waals surface area contributed by atoms with Gasteiger partial charge in [0.1, 0.15) is 31.0 Å². The average molecular weight is 651 g/mol. The molecule has 0 aliphatic carbocycles. The third kappa shape index (κ3) is 19.8. The zero-order valence-corrected chi connectivity index (χ0v) is 27.8. The molecule has 0 saturated carbocycles. The topological polar surface area (TPSA) is 152 Å². The van der Waals surface area contributed by atoms with E-state index in [0.29, 0.717) is 12.8 Å². The summed E-state index contributed by atoms with van der Waals surface area (Å²) in [5, 5.41) is 39.7. The SMILES string of the molecule is CC/C=C/C=C/C=C/C=C/CCCCCC(=O)OC(COC(=O)CC/C=C/CCCCCC)CO[C@@H]1O[C@H](CO)[C@H](O)C(O)C1O. The molecule has 1 aliphatic rings. The van der Waals surface area contributed by atoms with Crippen molar-refractivity contribution in [1.82, 2.24) is 0 Å². The summed E-state index contributed by atoms with van der Waals surface area (Å²) in [6.45, 7) is 3.09. The maximum Gasteiger partial charge on any atom is 0.306 e. The van der Waals surface area contributed by atoms with Crippen molar-refractivity contribution in [3.63, 3.8) is 0 Å². The predicted octanol–water partition coefficient (Wildman–Crippen LogP) is 5.15. The van der Waals surface area contributed by atoms with Crippen molar-refractivity contribution < 1.29 is 49.0 Å². The second-order valence-corrected chi connectivity index (χ2v) is 11.3. The zero-order valence-electron chi connectivity index (χ0n) is 27.8. The normalized spacial score (nSPS) is 23.0. The van der Waals surface area contributed by atoms with Crippen LogP contribution in [0.4, 0.5) is 0 Å². The van der Waals surface area contributed by atoms with Crippen LogP contribution in [0.5, 0.6) is 0 Å². The molecule has 0 spiro atoms. The minimum absolute atomic E-state index is 0.174. The first-order valence-corrected chi connectivity index (χ1v) is 16.9. The van der Waals surface area contributed by atoms with Crippen LogP contribution in [-0.2, 0) is 28.5 Å². The molecule has 10 nitrogen and oxygen atoms in total. The van der Waals surface area contributed by atoms with Crippen molar-refractivity contribution in [3.05, 3.63) is 60.8 Å². The Labute approximate surface area is 275 Å². The quantitative estimate of drug-likeness (QED) is 0.0452. The molecule has 4 N–H and O–H groups in total. The summed E-state index contributed by atoms with van der Waals surface area (Å²) in [4.78, 5) is 24.9. The van der Waals surface area contributed by atoms with Gasteiger partial charge in [-0.3, -0.25) is 9.59 Å². The molecule has 262 valence electrons. The Balaban J connectivity index is 2.52. The number of allylic oxidation sites excluding steroid dienone is 10. The fourth-order valence-corrected chi connectivity index (χ4v) is 4.51. The van der Waals surface area contributed by atoms with Crippen molar-refractivity contribution in [2.45, 2.75) is 134 Å². The minimum Gasteiger partial charge on any atom is -0.462 e. The van der Waals surface area contributed by atoms with E-state index in [9.17, 15) is 30.0 Å². The smallest absolute Gasteiger partial charge is 0.306 e. The molecule has 3 unspecified atom stereocenters. The Morgan fingerprint density at radius 3 is 2.04 bits per heavy atom. The van der Waals surface area contributed by atoms with E-state index in [2.05, 4.69) is 32.1 Å². The average Bonchev–Trinajstić information content (AvgIpc) is 3.05. The van der Waals surface area contributed by atoms with Gasteiger partial charge in [0.05, 0.1) is 13.2 Å². The highest BCUT2D eigenvalue weighted by Crippen LogP contribution is 2.22. The summed E-state index contributed by atoms with van der Waals surface area (Å²) >= 11 is 0. The molecule has 6 atom stereocenters. The molecule has 10 heteroatoms. The number of rotatable bonds is 25. The number of aliphatic hydroxyl groups excluding tert-OH is 4. The fourth-order valence-electron chi connectivity index (χ4n) is 4.51. The lowest BCUT2D eigenvalue weighted by Crippen LogP contribution is -2.59. The van der Waals surface area contributed by atoms with Crippen molar-refractivity contribution in [2.75, 3.05) is 19.8 Å². The minimum atomic E-state index is -1.61. The molecule has 0 aromatic rings. The molecular weight excluding hydrogens is 592 g/mol. The van der Waals surface area contributed by atoms with Crippen LogP contribution in [0.15, 0.2) is 60.8 Å². The van der Waals surface area contributed by atoms with E-state index in [0.717, 1.165) is 38.5 Å². The molecule has 1 saturated heterocycles. The van der Waals surface area contributed by atoms with Gasteiger partial charge >= 0.3 is 11.9 Å². The van der Waals surface area contributed by atoms with Crippen LogP contribution >= 0.6 is 0 Å². The van der Waals surface area contributed by atoms with Crippen LogP contribution in [-0.4, -0.2) is 89.0 Å². The van der Waals surface area contributed by atoms with Crippen LogP contribution in [0, 0.1) is 0 Å². The maximum atomic E-state index is 12.6. The first-order chi connectivity index (χ1) is 22.3. The highest BCUT2D eigenvalue weighted by molar-refractivity contribution is 5.70. The Morgan fingerprint density at radius 1 is 0.696 bits per heavy atom. The molecule has 1 heterocycles. The summed E-state index contributed by atoms with van der Waals surface area (Å²) < 4.78 is 21.8. The largest absolute Gasteiger partial charge is 0.462 e. The monoisotopic (exact) mass is 650 g/mol. The van der Waals surface area contributed by atoms with Crippen LogP contribution in [0.1, 0.15) is 97.3 Å². The molecule has 0 radical (unpaired) electrons. The summed E-state index contributed by atoms with van der Waals surface area (Å²) in [5.74, 6) is -0.927. The van der Waals surface area contributed by atoms with Gasteiger partial charge in [0.15, 0.2) is 12.4 Å². The van der Waals surface area contributed by atoms with E-state index >= 15 is 0 Å². The van der Waals surface area contributed by atoms with E-state index in [4.69, 9.17) is 18.9 Å². The Bertz CT molecular complexity index is 939. The number of carbonyl (C=O) groups excluding carboxylic acids is 2. The maximum absolute atomic E-state index is 12.6. The predicted molar refractivity (Wildman–Crippen MR) is 178 cm³/mol. The highest BCUT2D eigenvalue weighted by atomic mass is 16.7. The number of ether oxygens (including phenoxy) is 4. The number of aliphatic hydroxyl groups is 4. The number of carbonyl (C=O) groups is 2. The number of hydrogen-bond donors (Lipinski definition) is 4. The van der Waals surface area contributed by atoms with Crippen molar-refractivity contribution in [2.24, 2.45) is 0 Å². The van der Waals surface area contributed by atoms with Crippen LogP contribution in [0.25, 0.3) is 0 Å². The molecule has 46 heavy (non-hydrogen) atoms. The van der Waals surface area contributed by atoms with Gasteiger partial charge in [-0.2, -0.15) is 0 Å². The van der Waals surface area contributed by atoms with E-state index in [-0.39, 0.29) is 26.1 Å². The Morgan fingerprint density at radius 2 is 1.35 bits per heavy atom. The molecule has 1 rings (SSSR count). The standard InChI is InChI=1S/C36H58O10/c1-3-5-7-9-11-13-14-15-16-17-19-21-23-25-32(39)45-29(27-43-31(38)24-22-20-18-12-10-8-6-4-2)28-44-36-35(42)34(41)33(40)30(26-37)46-36/h5,7,9,11,13-16,18,20,29-30,33-37,40-42H,3-4,6,8,10,12,17,19,21-28H2,1-2H3/b7-5+,11-9+,14-13+,16-15+,20-18+/t29?,30-,33+,34?,35?,36-/m1/s1. The highest BCUT2D eigenvalue weighted by Gasteiger charge is 2.44. The van der Waals surface area contributed by atoms with E-state index in [1.165, 1.54) is 19.3 Å². The number of unbranched alkanes of at least 4 members (excludes halogenated alkanes) is 7. The lowest BCUT2D eigenvalue weighted by molar-refractivity contribution is -0.305. The van der Waals surface area contributed by atoms with Crippen molar-refractivity contribution in [3.8, 4) is 0 Å². The van der Waals surface area contributed by atoms with Crippen molar-refractivity contribution >= 4 is 11.9 Å². The second kappa shape index (κ2) is 27.5. The first kappa shape index (κ1) is 41.4. The van der Waals surface area contributed by atoms with Gasteiger partial charge < -0.3 is 39.4 Å². The first-order valence-electron chi connectivity index (χ1n) is 16.9. The molecular formula is C36H58O10. The number of hydrogen-bond acceptors (Lipinski definition) is 10. The third-order valence-electron chi connectivity index (χ3n) is 7.24. The lowest BCUT2D eigenvalue weighted by Gasteiger charge is -2.39. The summed E-state index contributed by atoms with van der Waals surface area (Å²) in [7, 11) is 0. The van der Waals surface area contributed by atoms with Crippen LogP contribution in [0.2, 0.25) is 0 Å². The molecule has 1 aliphatic heterocycles. The van der Waals surface area contributed by atoms with Crippen LogP contribution in [0.3, 0.4) is 0 Å². The van der Waals surface area contributed by atoms with Crippen molar-refractivity contribution in [1.29, 1.82) is 0 Å². The summed E-state index contributed by atoms with van der Waals surface area (Å²) in [6, 6.07) is 0. The zero-order chi connectivity index (χ0) is 33.8. The van der Waals surface area contributed by atoms with E-state index < -0.39 is 55.4 Å². The fraction of sp³-hybridized carbons (Fsp3) is 0.667.